The van der Waals surface area contributed by atoms with Crippen LogP contribution in [0.4, 0.5) is 10.7 Å². The SMILES string of the molecule is Nc1cc(C(=O)N2CCCc3ccccc32)ns1. The zero-order valence-corrected chi connectivity index (χ0v) is 10.6. The summed E-state index contributed by atoms with van der Waals surface area (Å²) in [5.74, 6) is -0.0601. The number of anilines is 2. The molecule has 5 heteroatoms. The molecule has 0 fully saturated rings. The number of benzene rings is 1. The molecule has 1 aromatic heterocycles. The van der Waals surface area contributed by atoms with Gasteiger partial charge in [-0.2, -0.15) is 4.37 Å². The molecule has 0 saturated carbocycles. The summed E-state index contributed by atoms with van der Waals surface area (Å²) in [5, 5.41) is 0.573. The molecule has 1 amide bonds. The molecule has 1 aromatic carbocycles. The first-order valence-electron chi connectivity index (χ1n) is 5.87. The summed E-state index contributed by atoms with van der Waals surface area (Å²) in [6.45, 7) is 0.743. The van der Waals surface area contributed by atoms with E-state index in [0.29, 0.717) is 10.7 Å². The van der Waals surface area contributed by atoms with E-state index in [1.807, 2.05) is 18.2 Å². The number of para-hydroxylation sites is 1. The van der Waals surface area contributed by atoms with Crippen LogP contribution in [-0.2, 0) is 6.42 Å². The smallest absolute Gasteiger partial charge is 0.278 e. The van der Waals surface area contributed by atoms with Gasteiger partial charge in [-0.25, -0.2) is 0 Å². The van der Waals surface area contributed by atoms with Crippen LogP contribution in [-0.4, -0.2) is 16.8 Å². The van der Waals surface area contributed by atoms with Gasteiger partial charge in [0.1, 0.15) is 10.7 Å². The molecule has 0 saturated heterocycles. The normalized spacial score (nSPS) is 14.3. The van der Waals surface area contributed by atoms with Gasteiger partial charge < -0.3 is 10.6 Å². The maximum absolute atomic E-state index is 12.4. The van der Waals surface area contributed by atoms with Gasteiger partial charge in [0, 0.05) is 18.3 Å². The fourth-order valence-electron chi connectivity index (χ4n) is 2.27. The second-order valence-corrected chi connectivity index (χ2v) is 5.14. The molecule has 3 rings (SSSR count). The number of aromatic nitrogens is 1. The van der Waals surface area contributed by atoms with Crippen molar-refractivity contribution in [3.05, 3.63) is 41.6 Å². The number of carbonyl (C=O) groups excluding carboxylic acids is 1. The van der Waals surface area contributed by atoms with Crippen LogP contribution < -0.4 is 10.6 Å². The Morgan fingerprint density at radius 3 is 3.00 bits per heavy atom. The van der Waals surface area contributed by atoms with E-state index in [2.05, 4.69) is 10.4 Å². The van der Waals surface area contributed by atoms with Crippen molar-refractivity contribution in [3.8, 4) is 0 Å². The van der Waals surface area contributed by atoms with Crippen molar-refractivity contribution in [2.24, 2.45) is 0 Å². The van der Waals surface area contributed by atoms with Crippen molar-refractivity contribution in [1.29, 1.82) is 0 Å². The first-order valence-corrected chi connectivity index (χ1v) is 6.65. The number of carbonyl (C=O) groups is 1. The van der Waals surface area contributed by atoms with E-state index < -0.39 is 0 Å². The topological polar surface area (TPSA) is 59.2 Å². The first kappa shape index (κ1) is 11.2. The predicted octanol–water partition coefficient (Wildman–Crippen LogP) is 2.32. The molecular weight excluding hydrogens is 246 g/mol. The number of hydrogen-bond acceptors (Lipinski definition) is 4. The number of amides is 1. The second-order valence-electron chi connectivity index (χ2n) is 4.30. The van der Waals surface area contributed by atoms with Crippen molar-refractivity contribution in [1.82, 2.24) is 4.37 Å². The van der Waals surface area contributed by atoms with Gasteiger partial charge in [0.15, 0.2) is 0 Å². The van der Waals surface area contributed by atoms with Crippen LogP contribution in [0.3, 0.4) is 0 Å². The van der Waals surface area contributed by atoms with Crippen LogP contribution in [0.5, 0.6) is 0 Å². The Morgan fingerprint density at radius 1 is 1.39 bits per heavy atom. The highest BCUT2D eigenvalue weighted by molar-refractivity contribution is 7.10. The molecule has 2 aromatic rings. The third-order valence-electron chi connectivity index (χ3n) is 3.10. The van der Waals surface area contributed by atoms with Crippen LogP contribution in [0.1, 0.15) is 22.5 Å². The highest BCUT2D eigenvalue weighted by Crippen LogP contribution is 2.28. The van der Waals surface area contributed by atoms with Crippen LogP contribution >= 0.6 is 11.5 Å². The Kier molecular flexibility index (Phi) is 2.76. The van der Waals surface area contributed by atoms with E-state index in [1.54, 1.807) is 11.0 Å². The monoisotopic (exact) mass is 259 g/mol. The average Bonchev–Trinajstić information content (AvgIpc) is 2.84. The number of nitrogen functional groups attached to an aromatic ring is 1. The van der Waals surface area contributed by atoms with Crippen LogP contribution in [0.25, 0.3) is 0 Å². The molecule has 0 spiro atoms. The number of nitrogens with two attached hydrogens (primary N) is 1. The van der Waals surface area contributed by atoms with Gasteiger partial charge in [0.25, 0.3) is 5.91 Å². The predicted molar refractivity (Wildman–Crippen MR) is 73.0 cm³/mol. The minimum atomic E-state index is -0.0601. The minimum Gasteiger partial charge on any atom is -0.389 e. The van der Waals surface area contributed by atoms with Gasteiger partial charge in [-0.1, -0.05) is 18.2 Å². The quantitative estimate of drug-likeness (QED) is 0.855. The molecular formula is C13H13N3OS. The van der Waals surface area contributed by atoms with E-state index in [0.717, 1.165) is 36.6 Å². The van der Waals surface area contributed by atoms with Gasteiger partial charge in [0.05, 0.1) is 0 Å². The summed E-state index contributed by atoms with van der Waals surface area (Å²) < 4.78 is 4.09. The molecule has 0 atom stereocenters. The van der Waals surface area contributed by atoms with E-state index in [9.17, 15) is 4.79 Å². The molecule has 2 heterocycles. The van der Waals surface area contributed by atoms with Crippen molar-refractivity contribution in [2.75, 3.05) is 17.2 Å². The third kappa shape index (κ3) is 1.86. The van der Waals surface area contributed by atoms with E-state index >= 15 is 0 Å². The number of hydrogen-bond donors (Lipinski definition) is 1. The van der Waals surface area contributed by atoms with Crippen molar-refractivity contribution >= 4 is 28.1 Å². The van der Waals surface area contributed by atoms with Gasteiger partial charge >= 0.3 is 0 Å². The van der Waals surface area contributed by atoms with E-state index in [-0.39, 0.29) is 5.91 Å². The van der Waals surface area contributed by atoms with Gasteiger partial charge in [0.2, 0.25) is 0 Å². The molecule has 1 aliphatic rings. The van der Waals surface area contributed by atoms with E-state index in [1.165, 1.54) is 5.56 Å². The number of rotatable bonds is 1. The van der Waals surface area contributed by atoms with Crippen molar-refractivity contribution in [2.45, 2.75) is 12.8 Å². The van der Waals surface area contributed by atoms with Crippen molar-refractivity contribution < 1.29 is 4.79 Å². The highest BCUT2D eigenvalue weighted by atomic mass is 32.1. The lowest BCUT2D eigenvalue weighted by molar-refractivity contribution is 0.0981. The summed E-state index contributed by atoms with van der Waals surface area (Å²) in [4.78, 5) is 14.2. The van der Waals surface area contributed by atoms with E-state index in [4.69, 9.17) is 5.73 Å². The van der Waals surface area contributed by atoms with Gasteiger partial charge in [-0.3, -0.25) is 4.79 Å². The Balaban J connectivity index is 1.96. The van der Waals surface area contributed by atoms with Crippen LogP contribution in [0.2, 0.25) is 0 Å². The van der Waals surface area contributed by atoms with Crippen LogP contribution in [0.15, 0.2) is 30.3 Å². The molecule has 2 N–H and O–H groups in total. The summed E-state index contributed by atoms with van der Waals surface area (Å²) >= 11 is 1.16. The Bertz CT molecular complexity index is 593. The molecule has 0 radical (unpaired) electrons. The average molecular weight is 259 g/mol. The summed E-state index contributed by atoms with van der Waals surface area (Å²) in [6.07, 6.45) is 2.02. The molecule has 18 heavy (non-hydrogen) atoms. The van der Waals surface area contributed by atoms with Crippen molar-refractivity contribution in [3.63, 3.8) is 0 Å². The number of nitrogens with zero attached hydrogens (tertiary/aromatic N) is 2. The summed E-state index contributed by atoms with van der Waals surface area (Å²) in [5.41, 5.74) is 8.29. The Morgan fingerprint density at radius 2 is 2.22 bits per heavy atom. The van der Waals surface area contributed by atoms with Gasteiger partial charge in [-0.15, -0.1) is 0 Å². The largest absolute Gasteiger partial charge is 0.389 e. The fraction of sp³-hybridized carbons (Fsp3) is 0.231. The standard InChI is InChI=1S/C13H13N3OS/c14-12-8-10(15-18-12)13(17)16-7-3-5-9-4-1-2-6-11(9)16/h1-2,4,6,8H,3,5,7,14H2. The van der Waals surface area contributed by atoms with Gasteiger partial charge in [-0.05, 0) is 36.0 Å². The number of fused-ring (bicyclic) bond motifs is 1. The lowest BCUT2D eigenvalue weighted by Crippen LogP contribution is -2.35. The molecule has 0 aliphatic carbocycles. The molecule has 92 valence electrons. The highest BCUT2D eigenvalue weighted by Gasteiger charge is 2.24. The molecule has 4 nitrogen and oxygen atoms in total. The third-order valence-corrected chi connectivity index (χ3v) is 3.72. The first-order chi connectivity index (χ1) is 8.75. The Labute approximate surface area is 109 Å². The molecule has 0 unspecified atom stereocenters. The van der Waals surface area contributed by atoms with Crippen LogP contribution in [0, 0.1) is 0 Å². The number of aryl methyl sites for hydroxylation is 1. The second kappa shape index (κ2) is 4.42. The summed E-state index contributed by atoms with van der Waals surface area (Å²) in [7, 11) is 0. The Hall–Kier alpha value is -1.88. The zero-order valence-electron chi connectivity index (χ0n) is 9.80. The maximum atomic E-state index is 12.4. The lowest BCUT2D eigenvalue weighted by Gasteiger charge is -2.28. The minimum absolute atomic E-state index is 0.0601. The summed E-state index contributed by atoms with van der Waals surface area (Å²) in [6, 6.07) is 9.67. The molecule has 1 aliphatic heterocycles. The zero-order chi connectivity index (χ0) is 12.5. The maximum Gasteiger partial charge on any atom is 0.278 e. The lowest BCUT2D eigenvalue weighted by atomic mass is 10.0. The fourth-order valence-corrected chi connectivity index (χ4v) is 2.77. The molecule has 0 bridgehead atoms.